The Morgan fingerprint density at radius 3 is 2.64 bits per heavy atom. The number of piperidine rings is 1. The third-order valence-electron chi connectivity index (χ3n) is 5.89. The molecule has 0 amide bonds. The van der Waals surface area contributed by atoms with Crippen LogP contribution in [0.4, 0.5) is 0 Å². The highest BCUT2D eigenvalue weighted by Gasteiger charge is 2.39. The van der Waals surface area contributed by atoms with E-state index in [0.717, 1.165) is 32.4 Å². The van der Waals surface area contributed by atoms with Crippen LogP contribution in [0.3, 0.4) is 0 Å². The lowest BCUT2D eigenvalue weighted by Crippen LogP contribution is -2.48. The first-order valence-corrected chi connectivity index (χ1v) is 10.3. The average molecular weight is 394 g/mol. The van der Waals surface area contributed by atoms with Crippen molar-refractivity contribution in [1.29, 1.82) is 0 Å². The van der Waals surface area contributed by atoms with Gasteiger partial charge in [0.05, 0.1) is 19.8 Å². The Hall–Kier alpha value is -1.34. The maximum absolute atomic E-state index is 10.8. The molecule has 0 spiro atoms. The Kier molecular flexibility index (Phi) is 6.54. The number of hydrogen-bond acceptors (Lipinski definition) is 6. The Bertz CT molecular complexity index is 672. The lowest BCUT2D eigenvalue weighted by Gasteiger charge is -2.47. The zero-order valence-electron chi connectivity index (χ0n) is 17.5. The molecule has 6 heteroatoms. The van der Waals surface area contributed by atoms with E-state index < -0.39 is 6.10 Å². The quantitative estimate of drug-likeness (QED) is 0.687. The molecule has 0 bridgehead atoms. The molecule has 1 saturated heterocycles. The fraction of sp³-hybridized carbons (Fsp3) is 0.727. The molecule has 2 aliphatic heterocycles. The van der Waals surface area contributed by atoms with Gasteiger partial charge in [0, 0.05) is 19.1 Å². The van der Waals surface area contributed by atoms with E-state index in [-0.39, 0.29) is 30.8 Å². The van der Waals surface area contributed by atoms with Crippen molar-refractivity contribution in [3.63, 3.8) is 0 Å². The van der Waals surface area contributed by atoms with Crippen LogP contribution in [0.25, 0.3) is 0 Å². The number of fused-ring (bicyclic) bond motifs is 3. The highest BCUT2D eigenvalue weighted by molar-refractivity contribution is 5.49. The number of aliphatic hydroxyl groups excluding tert-OH is 3. The summed E-state index contributed by atoms with van der Waals surface area (Å²) in [6.45, 7) is 8.28. The Balaban J connectivity index is 1.80. The molecule has 1 aromatic rings. The summed E-state index contributed by atoms with van der Waals surface area (Å²) in [5, 5.41) is 29.4. The third-order valence-corrected chi connectivity index (χ3v) is 5.89. The summed E-state index contributed by atoms with van der Waals surface area (Å²) in [5.41, 5.74) is 2.62. The molecular weight excluding hydrogens is 358 g/mol. The van der Waals surface area contributed by atoms with Crippen molar-refractivity contribution >= 4 is 0 Å². The molecule has 2 heterocycles. The topological polar surface area (TPSA) is 82.4 Å². The monoisotopic (exact) mass is 393 g/mol. The van der Waals surface area contributed by atoms with Crippen molar-refractivity contribution in [3.05, 3.63) is 23.3 Å². The molecule has 6 nitrogen and oxygen atoms in total. The smallest absolute Gasteiger partial charge is 0.161 e. The van der Waals surface area contributed by atoms with E-state index in [4.69, 9.17) is 14.6 Å². The predicted molar refractivity (Wildman–Crippen MR) is 108 cm³/mol. The van der Waals surface area contributed by atoms with Crippen LogP contribution < -0.4 is 9.47 Å². The van der Waals surface area contributed by atoms with Crippen LogP contribution in [-0.2, 0) is 6.42 Å². The summed E-state index contributed by atoms with van der Waals surface area (Å²) in [5.74, 6) is 1.52. The molecule has 0 saturated carbocycles. The Labute approximate surface area is 168 Å². The number of benzene rings is 1. The van der Waals surface area contributed by atoms with Crippen molar-refractivity contribution in [1.82, 2.24) is 4.90 Å². The lowest BCUT2D eigenvalue weighted by molar-refractivity contribution is -0.0259. The van der Waals surface area contributed by atoms with Gasteiger partial charge in [0.25, 0.3) is 0 Å². The molecule has 0 aromatic heterocycles. The first kappa shape index (κ1) is 21.4. The van der Waals surface area contributed by atoms with Crippen LogP contribution >= 0.6 is 0 Å². The number of ether oxygens (including phenoxy) is 2. The summed E-state index contributed by atoms with van der Waals surface area (Å²) in [6, 6.07) is 4.20. The molecule has 0 aliphatic carbocycles. The van der Waals surface area contributed by atoms with Crippen molar-refractivity contribution in [2.45, 2.75) is 58.3 Å². The van der Waals surface area contributed by atoms with Gasteiger partial charge in [-0.15, -0.1) is 0 Å². The molecule has 3 rings (SSSR count). The Morgan fingerprint density at radius 1 is 1.25 bits per heavy atom. The van der Waals surface area contributed by atoms with Gasteiger partial charge in [-0.2, -0.15) is 0 Å². The summed E-state index contributed by atoms with van der Waals surface area (Å²) >= 11 is 0. The minimum Gasteiger partial charge on any atom is -0.493 e. The highest BCUT2D eigenvalue weighted by atomic mass is 16.5. The summed E-state index contributed by atoms with van der Waals surface area (Å²) in [4.78, 5) is 2.50. The first-order chi connectivity index (χ1) is 13.2. The second-order valence-electron chi connectivity index (χ2n) is 9.44. The van der Waals surface area contributed by atoms with Gasteiger partial charge in [-0.05, 0) is 53.9 Å². The van der Waals surface area contributed by atoms with Crippen LogP contribution in [0.15, 0.2) is 12.1 Å². The van der Waals surface area contributed by atoms with E-state index in [9.17, 15) is 10.2 Å². The fourth-order valence-corrected chi connectivity index (χ4v) is 4.60. The molecular formula is C22H35NO5. The number of nitrogens with zero attached hydrogens (tertiary/aromatic N) is 1. The van der Waals surface area contributed by atoms with E-state index >= 15 is 0 Å². The third kappa shape index (κ3) is 4.79. The van der Waals surface area contributed by atoms with Gasteiger partial charge in [-0.3, -0.25) is 4.90 Å². The van der Waals surface area contributed by atoms with Crippen LogP contribution in [0.1, 0.15) is 50.8 Å². The summed E-state index contributed by atoms with van der Waals surface area (Å²) in [7, 11) is 1.60. The predicted octanol–water partition coefficient (Wildman–Crippen LogP) is 2.14. The maximum atomic E-state index is 10.8. The van der Waals surface area contributed by atoms with Crippen LogP contribution in [0.5, 0.6) is 11.5 Å². The van der Waals surface area contributed by atoms with E-state index in [1.807, 2.05) is 12.1 Å². The summed E-state index contributed by atoms with van der Waals surface area (Å²) in [6.07, 6.45) is 1.47. The van der Waals surface area contributed by atoms with E-state index in [1.54, 1.807) is 7.11 Å². The van der Waals surface area contributed by atoms with E-state index in [2.05, 4.69) is 25.7 Å². The van der Waals surface area contributed by atoms with E-state index in [1.165, 1.54) is 11.1 Å². The van der Waals surface area contributed by atoms with Crippen molar-refractivity contribution in [2.24, 2.45) is 11.3 Å². The molecule has 1 aromatic carbocycles. The molecule has 4 atom stereocenters. The lowest BCUT2D eigenvalue weighted by atomic mass is 9.75. The molecule has 28 heavy (non-hydrogen) atoms. The van der Waals surface area contributed by atoms with Crippen molar-refractivity contribution < 1.29 is 24.8 Å². The maximum Gasteiger partial charge on any atom is 0.161 e. The number of methoxy groups -OCH3 is 1. The van der Waals surface area contributed by atoms with E-state index in [0.29, 0.717) is 17.4 Å². The van der Waals surface area contributed by atoms with Gasteiger partial charge in [0.15, 0.2) is 11.5 Å². The van der Waals surface area contributed by atoms with Crippen LogP contribution in [0, 0.1) is 11.3 Å². The molecule has 0 radical (unpaired) electrons. The minimum atomic E-state index is -0.913. The minimum absolute atomic E-state index is 0.0222. The molecule has 1 unspecified atom stereocenters. The normalized spacial score (nSPS) is 26.3. The zero-order valence-corrected chi connectivity index (χ0v) is 17.5. The van der Waals surface area contributed by atoms with Gasteiger partial charge < -0.3 is 24.8 Å². The SMILES string of the molecule is COc1cc2c(cc1OCC(O)CO)CCN1C[C@@H](CC(C)(C)C)[C@H](O)C[C@H]21. The van der Waals surface area contributed by atoms with Crippen molar-refractivity contribution in [3.8, 4) is 11.5 Å². The highest BCUT2D eigenvalue weighted by Crippen LogP contribution is 2.44. The Morgan fingerprint density at radius 2 is 2.00 bits per heavy atom. The number of rotatable bonds is 6. The number of aliphatic hydroxyl groups is 3. The van der Waals surface area contributed by atoms with Crippen LogP contribution in [0.2, 0.25) is 0 Å². The molecule has 3 N–H and O–H groups in total. The molecule has 2 aliphatic rings. The van der Waals surface area contributed by atoms with Gasteiger partial charge in [-0.25, -0.2) is 0 Å². The largest absolute Gasteiger partial charge is 0.493 e. The second kappa shape index (κ2) is 8.57. The first-order valence-electron chi connectivity index (χ1n) is 10.3. The van der Waals surface area contributed by atoms with Gasteiger partial charge in [-0.1, -0.05) is 20.8 Å². The van der Waals surface area contributed by atoms with Gasteiger partial charge >= 0.3 is 0 Å². The average Bonchev–Trinajstić information content (AvgIpc) is 2.64. The fourth-order valence-electron chi connectivity index (χ4n) is 4.60. The molecule has 158 valence electrons. The van der Waals surface area contributed by atoms with Gasteiger partial charge in [0.2, 0.25) is 0 Å². The second-order valence-corrected chi connectivity index (χ2v) is 9.44. The van der Waals surface area contributed by atoms with Crippen LogP contribution in [-0.4, -0.2) is 65.8 Å². The van der Waals surface area contributed by atoms with Crippen molar-refractivity contribution in [2.75, 3.05) is 33.4 Å². The van der Waals surface area contributed by atoms with Gasteiger partial charge in [0.1, 0.15) is 12.7 Å². The zero-order chi connectivity index (χ0) is 20.5. The summed E-state index contributed by atoms with van der Waals surface area (Å²) < 4.78 is 11.2. The standard InChI is InChI=1S/C22H35NO5/c1-22(2,3)10-15-11-23-6-5-14-7-21(28-13-16(25)12-24)20(27-4)8-17(14)18(23)9-19(15)26/h7-8,15-16,18-19,24-26H,5-6,9-13H2,1-4H3/t15-,16?,18-,19-/m1/s1. The number of hydrogen-bond donors (Lipinski definition) is 3. The molecule has 1 fully saturated rings.